The van der Waals surface area contributed by atoms with E-state index < -0.39 is 11.9 Å². The molecule has 5 nitrogen and oxygen atoms in total. The van der Waals surface area contributed by atoms with Crippen molar-refractivity contribution >= 4 is 52.3 Å². The van der Waals surface area contributed by atoms with Crippen molar-refractivity contribution in [2.75, 3.05) is 5.32 Å². The van der Waals surface area contributed by atoms with Crippen LogP contribution in [0.25, 0.3) is 0 Å². The number of carbonyl (C=O) groups is 2. The average Bonchev–Trinajstić information content (AvgIpc) is 2.50. The molecule has 120 valence electrons. The molecule has 1 aromatic carbocycles. The zero-order valence-electron chi connectivity index (χ0n) is 12.0. The third-order valence-corrected chi connectivity index (χ3v) is 4.00. The van der Waals surface area contributed by atoms with Gasteiger partial charge in [-0.15, -0.1) is 0 Å². The van der Waals surface area contributed by atoms with Gasteiger partial charge in [-0.1, -0.05) is 34.8 Å². The van der Waals surface area contributed by atoms with Gasteiger partial charge in [0, 0.05) is 18.0 Å². The molecule has 2 amide bonds. The lowest BCUT2D eigenvalue weighted by Gasteiger charge is -2.12. The lowest BCUT2D eigenvalue weighted by Crippen LogP contribution is -2.44. The fourth-order valence-electron chi connectivity index (χ4n) is 1.90. The van der Waals surface area contributed by atoms with Crippen LogP contribution in [0.4, 0.5) is 5.69 Å². The highest BCUT2D eigenvalue weighted by Gasteiger charge is 2.24. The maximum atomic E-state index is 12.4. The molecule has 1 atom stereocenters. The summed E-state index contributed by atoms with van der Waals surface area (Å²) in [6.45, 7) is 1.66. The van der Waals surface area contributed by atoms with Crippen LogP contribution in [0.5, 0.6) is 0 Å². The Morgan fingerprint density at radius 3 is 2.39 bits per heavy atom. The van der Waals surface area contributed by atoms with Crippen molar-refractivity contribution in [2.45, 2.75) is 13.0 Å². The van der Waals surface area contributed by atoms with Crippen LogP contribution >= 0.6 is 34.8 Å². The maximum absolute atomic E-state index is 12.4. The standard InChI is InChI=1S/C15H12Cl3N3O2/c1-8(21-4-2-3-9(7-21)14(19)22)15(23)20-13-11(17)5-10(16)6-12(13)18/h2-8H,1H3,(H2-,19,20,22,23)/p+1/t8-/m0/s1. The Balaban J connectivity index is 2.24. The van der Waals surface area contributed by atoms with Crippen molar-refractivity contribution in [3.8, 4) is 0 Å². The molecule has 0 fully saturated rings. The second-order valence-corrected chi connectivity index (χ2v) is 6.06. The molecule has 0 aliphatic rings. The molecule has 3 N–H and O–H groups in total. The largest absolute Gasteiger partial charge is 0.365 e. The second kappa shape index (κ2) is 7.17. The number of carbonyl (C=O) groups excluding carboxylic acids is 2. The third kappa shape index (κ3) is 4.13. The van der Waals surface area contributed by atoms with E-state index in [1.807, 2.05) is 0 Å². The third-order valence-electron chi connectivity index (χ3n) is 3.19. The van der Waals surface area contributed by atoms with Crippen molar-refractivity contribution in [1.29, 1.82) is 0 Å². The number of nitrogens with two attached hydrogens (primary N) is 1. The number of nitrogens with zero attached hydrogens (tertiary/aromatic N) is 1. The number of anilines is 1. The molecule has 0 spiro atoms. The SMILES string of the molecule is C[C@@H](C(=O)Nc1c(Cl)cc(Cl)cc1Cl)[n+]1cccc(C(N)=O)c1. The van der Waals surface area contributed by atoms with E-state index in [2.05, 4.69) is 5.32 Å². The zero-order valence-corrected chi connectivity index (χ0v) is 14.3. The summed E-state index contributed by atoms with van der Waals surface area (Å²) < 4.78 is 1.56. The summed E-state index contributed by atoms with van der Waals surface area (Å²) in [5.74, 6) is -0.932. The Kier molecular flexibility index (Phi) is 5.46. The van der Waals surface area contributed by atoms with E-state index in [1.165, 1.54) is 18.3 Å². The van der Waals surface area contributed by atoms with Crippen molar-refractivity contribution < 1.29 is 14.2 Å². The van der Waals surface area contributed by atoms with Gasteiger partial charge < -0.3 is 11.1 Å². The first kappa shape index (κ1) is 17.5. The summed E-state index contributed by atoms with van der Waals surface area (Å²) in [4.78, 5) is 23.6. The number of halogens is 3. The fourth-order valence-corrected chi connectivity index (χ4v) is 2.82. The van der Waals surface area contributed by atoms with Crippen molar-refractivity contribution in [2.24, 2.45) is 5.73 Å². The van der Waals surface area contributed by atoms with Crippen molar-refractivity contribution in [1.82, 2.24) is 0 Å². The Labute approximate surface area is 148 Å². The summed E-state index contributed by atoms with van der Waals surface area (Å²) in [7, 11) is 0. The second-order valence-electron chi connectivity index (χ2n) is 4.81. The minimum absolute atomic E-state index is 0.235. The predicted octanol–water partition coefficient (Wildman–Crippen LogP) is 3.23. The lowest BCUT2D eigenvalue weighted by atomic mass is 10.2. The van der Waals surface area contributed by atoms with Gasteiger partial charge in [0.2, 0.25) is 6.04 Å². The van der Waals surface area contributed by atoms with Crippen LogP contribution in [0.1, 0.15) is 23.3 Å². The molecule has 0 saturated heterocycles. The Hall–Kier alpha value is -1.82. The molecule has 0 radical (unpaired) electrons. The number of hydrogen-bond acceptors (Lipinski definition) is 2. The molecule has 0 aliphatic carbocycles. The summed E-state index contributed by atoms with van der Waals surface area (Å²) >= 11 is 17.9. The first-order valence-corrected chi connectivity index (χ1v) is 7.69. The number of rotatable bonds is 4. The topological polar surface area (TPSA) is 76.1 Å². The van der Waals surface area contributed by atoms with Gasteiger partial charge in [-0.05, 0) is 18.2 Å². The Morgan fingerprint density at radius 1 is 1.22 bits per heavy atom. The number of benzene rings is 1. The minimum atomic E-state index is -0.614. The molecular weight excluding hydrogens is 361 g/mol. The lowest BCUT2D eigenvalue weighted by molar-refractivity contribution is -0.705. The molecule has 0 bridgehead atoms. The normalized spacial score (nSPS) is 11.8. The molecular formula is C15H13Cl3N3O2+. The predicted molar refractivity (Wildman–Crippen MR) is 90.0 cm³/mol. The number of nitrogens with one attached hydrogen (secondary N) is 1. The van der Waals surface area contributed by atoms with Crippen LogP contribution in [0.3, 0.4) is 0 Å². The Bertz CT molecular complexity index is 757. The minimum Gasteiger partial charge on any atom is -0.365 e. The molecule has 2 aromatic rings. The van der Waals surface area contributed by atoms with Crippen LogP contribution in [-0.2, 0) is 4.79 Å². The van der Waals surface area contributed by atoms with E-state index in [4.69, 9.17) is 40.5 Å². The Morgan fingerprint density at radius 2 is 1.83 bits per heavy atom. The van der Waals surface area contributed by atoms with Crippen molar-refractivity contribution in [3.63, 3.8) is 0 Å². The smallest absolute Gasteiger partial charge is 0.293 e. The van der Waals surface area contributed by atoms with Gasteiger partial charge >= 0.3 is 0 Å². The number of aromatic nitrogens is 1. The molecule has 1 aromatic heterocycles. The van der Waals surface area contributed by atoms with Gasteiger partial charge in [-0.2, -0.15) is 4.57 Å². The number of primary amides is 1. The monoisotopic (exact) mass is 372 g/mol. The highest BCUT2D eigenvalue weighted by atomic mass is 35.5. The van der Waals surface area contributed by atoms with Crippen LogP contribution < -0.4 is 15.6 Å². The van der Waals surface area contributed by atoms with Crippen LogP contribution in [0.2, 0.25) is 15.1 Å². The molecule has 2 rings (SSSR count). The molecule has 1 heterocycles. The zero-order chi connectivity index (χ0) is 17.1. The molecule has 8 heteroatoms. The fraction of sp³-hybridized carbons (Fsp3) is 0.133. The maximum Gasteiger partial charge on any atom is 0.293 e. The first-order valence-electron chi connectivity index (χ1n) is 6.55. The molecule has 0 saturated carbocycles. The van der Waals surface area contributed by atoms with Crippen LogP contribution in [-0.4, -0.2) is 11.8 Å². The number of hydrogen-bond donors (Lipinski definition) is 2. The molecule has 23 heavy (non-hydrogen) atoms. The van der Waals surface area contributed by atoms with E-state index >= 15 is 0 Å². The van der Waals surface area contributed by atoms with E-state index in [1.54, 1.807) is 29.8 Å². The van der Waals surface area contributed by atoms with E-state index in [0.29, 0.717) is 10.6 Å². The summed E-state index contributed by atoms with van der Waals surface area (Å²) in [6.07, 6.45) is 3.15. The molecule has 0 unspecified atom stereocenters. The van der Waals surface area contributed by atoms with Gasteiger partial charge in [-0.3, -0.25) is 9.59 Å². The number of amides is 2. The average molecular weight is 374 g/mol. The van der Waals surface area contributed by atoms with Crippen LogP contribution in [0, 0.1) is 0 Å². The van der Waals surface area contributed by atoms with Gasteiger partial charge in [0.25, 0.3) is 11.8 Å². The van der Waals surface area contributed by atoms with E-state index in [0.717, 1.165) is 0 Å². The molecule has 0 aliphatic heterocycles. The first-order chi connectivity index (χ1) is 10.8. The highest BCUT2D eigenvalue weighted by molar-refractivity contribution is 6.42. The quantitative estimate of drug-likeness (QED) is 0.807. The summed E-state index contributed by atoms with van der Waals surface area (Å²) in [5, 5.41) is 3.49. The number of pyridine rings is 1. The van der Waals surface area contributed by atoms with Gasteiger partial charge in [-0.25, -0.2) is 0 Å². The van der Waals surface area contributed by atoms with E-state index in [9.17, 15) is 9.59 Å². The highest BCUT2D eigenvalue weighted by Crippen LogP contribution is 2.33. The van der Waals surface area contributed by atoms with Crippen molar-refractivity contribution in [3.05, 3.63) is 57.3 Å². The van der Waals surface area contributed by atoms with Crippen LogP contribution in [0.15, 0.2) is 36.7 Å². The summed E-state index contributed by atoms with van der Waals surface area (Å²) in [6, 6.07) is 5.55. The van der Waals surface area contributed by atoms with Gasteiger partial charge in [0.05, 0.1) is 15.7 Å². The van der Waals surface area contributed by atoms with Gasteiger partial charge in [0.15, 0.2) is 12.4 Å². The van der Waals surface area contributed by atoms with Gasteiger partial charge in [0.1, 0.15) is 5.56 Å². The summed E-state index contributed by atoms with van der Waals surface area (Å²) in [5.41, 5.74) is 5.82. The van der Waals surface area contributed by atoms with E-state index in [-0.39, 0.29) is 21.6 Å².